The highest BCUT2D eigenvalue weighted by Crippen LogP contribution is 2.28. The molecule has 1 atom stereocenters. The number of nitrogens with two attached hydrogens (primary N) is 1. The first kappa shape index (κ1) is 25.2. The molecule has 1 fully saturated rings. The van der Waals surface area contributed by atoms with Crippen molar-refractivity contribution in [2.45, 2.75) is 52.9 Å². The Morgan fingerprint density at radius 3 is 2.73 bits per heavy atom. The monoisotopic (exact) mass is 451 g/mol. The molecule has 0 aromatic carbocycles. The zero-order valence-electron chi connectivity index (χ0n) is 21.3. The Morgan fingerprint density at radius 2 is 2.06 bits per heavy atom. The molecule has 0 saturated carbocycles. The molecule has 6 nitrogen and oxygen atoms in total. The highest BCUT2D eigenvalue weighted by molar-refractivity contribution is 5.43. The summed E-state index contributed by atoms with van der Waals surface area (Å²) in [6.45, 7) is 18.6. The third-order valence-corrected chi connectivity index (χ3v) is 7.18. The topological polar surface area (TPSA) is 64.5 Å². The quantitative estimate of drug-likeness (QED) is 0.470. The van der Waals surface area contributed by atoms with Gasteiger partial charge in [0.15, 0.2) is 10.7 Å². The van der Waals surface area contributed by atoms with Crippen LogP contribution in [0, 0.1) is 0 Å². The van der Waals surface area contributed by atoms with E-state index >= 15 is 0 Å². The molecular formula is C27H43N6+. The molecule has 6 heteroatoms. The van der Waals surface area contributed by atoms with Gasteiger partial charge in [0.25, 0.3) is 5.82 Å². The van der Waals surface area contributed by atoms with E-state index in [2.05, 4.69) is 90.1 Å². The first-order chi connectivity index (χ1) is 15.9. The van der Waals surface area contributed by atoms with Crippen LogP contribution in [0.15, 0.2) is 39.7 Å². The first-order valence-electron chi connectivity index (χ1n) is 12.4. The van der Waals surface area contributed by atoms with E-state index in [0.29, 0.717) is 6.54 Å². The summed E-state index contributed by atoms with van der Waals surface area (Å²) in [4.78, 5) is 13.1. The molecule has 0 radical (unpaired) electrons. The van der Waals surface area contributed by atoms with Crippen molar-refractivity contribution in [2.75, 3.05) is 39.3 Å². The maximum atomic E-state index is 6.06. The first-order valence-corrected chi connectivity index (χ1v) is 12.4. The van der Waals surface area contributed by atoms with Crippen molar-refractivity contribution in [3.63, 3.8) is 0 Å². The molecule has 1 unspecified atom stereocenters. The Labute approximate surface area is 199 Å². The Hall–Kier alpha value is -2.44. The van der Waals surface area contributed by atoms with Gasteiger partial charge in [-0.25, -0.2) is 9.55 Å². The van der Waals surface area contributed by atoms with Gasteiger partial charge in [-0.1, -0.05) is 25.5 Å². The molecule has 3 N–H and O–H groups in total. The number of nitrogens with zero attached hydrogens (tertiary/aromatic N) is 4. The SMILES string of the molecule is C=NC(CN)=C(C)C(C=C(CC)N1CCCN(CC)CC1)c1[nH]c2c([n+]1C)=CC=C(C)CC=2. The lowest BCUT2D eigenvalue weighted by Crippen LogP contribution is -2.51. The molecule has 0 amide bonds. The average Bonchev–Trinajstić information content (AvgIpc) is 2.99. The Morgan fingerprint density at radius 1 is 1.27 bits per heavy atom. The van der Waals surface area contributed by atoms with Gasteiger partial charge in [-0.05, 0) is 76.7 Å². The summed E-state index contributed by atoms with van der Waals surface area (Å²) < 4.78 is 2.29. The number of aromatic nitrogens is 2. The Balaban J connectivity index is 2.11. The van der Waals surface area contributed by atoms with E-state index in [-0.39, 0.29) is 5.92 Å². The maximum Gasteiger partial charge on any atom is 0.266 e. The summed E-state index contributed by atoms with van der Waals surface area (Å²) in [5.74, 6) is 1.21. The van der Waals surface area contributed by atoms with Crippen molar-refractivity contribution >= 4 is 18.9 Å². The summed E-state index contributed by atoms with van der Waals surface area (Å²) >= 11 is 0. The summed E-state index contributed by atoms with van der Waals surface area (Å²) in [6.07, 6.45) is 12.3. The number of H-pyrrole nitrogens is 1. The minimum Gasteiger partial charge on any atom is -0.374 e. The van der Waals surface area contributed by atoms with Gasteiger partial charge in [-0.3, -0.25) is 4.99 Å². The number of likely N-dealkylation sites (N-methyl/N-ethyl adjacent to an activating group) is 1. The molecule has 1 aliphatic carbocycles. The Bertz CT molecular complexity index is 1060. The van der Waals surface area contributed by atoms with Gasteiger partial charge in [0.1, 0.15) is 5.92 Å². The van der Waals surface area contributed by atoms with Gasteiger partial charge < -0.3 is 15.5 Å². The third kappa shape index (κ3) is 5.74. The summed E-state index contributed by atoms with van der Waals surface area (Å²) in [7, 11) is 2.15. The lowest BCUT2D eigenvalue weighted by molar-refractivity contribution is -0.691. The van der Waals surface area contributed by atoms with Gasteiger partial charge >= 0.3 is 0 Å². The fourth-order valence-corrected chi connectivity index (χ4v) is 4.94. The van der Waals surface area contributed by atoms with Crippen LogP contribution in [0.5, 0.6) is 0 Å². The van der Waals surface area contributed by atoms with Crippen molar-refractivity contribution in [3.05, 3.63) is 51.2 Å². The van der Waals surface area contributed by atoms with Crippen LogP contribution in [-0.2, 0) is 7.05 Å². The standard InChI is InChI=1S/C27H42N6/c1-7-22(33-15-9-14-32(8-2)16-17-33)18-23(21(4)25(19-28)29-5)27-30-24-12-10-20(3)11-13-26(24)31(27)6/h11-13,18,23H,5,7-10,14-17,19,28H2,1-4,6H3/p+1. The van der Waals surface area contributed by atoms with Gasteiger partial charge in [0.05, 0.1) is 12.7 Å². The molecule has 1 saturated heterocycles. The summed E-state index contributed by atoms with van der Waals surface area (Å²) in [6, 6.07) is 0. The molecule has 180 valence electrons. The molecule has 1 aliphatic heterocycles. The zero-order chi connectivity index (χ0) is 24.0. The van der Waals surface area contributed by atoms with Crippen LogP contribution in [-0.4, -0.2) is 60.8 Å². The van der Waals surface area contributed by atoms with Crippen LogP contribution >= 0.6 is 0 Å². The lowest BCUT2D eigenvalue weighted by atomic mass is 9.95. The largest absolute Gasteiger partial charge is 0.374 e. The molecule has 1 aromatic heterocycles. The van der Waals surface area contributed by atoms with Crippen molar-refractivity contribution in [1.29, 1.82) is 0 Å². The van der Waals surface area contributed by atoms with Crippen molar-refractivity contribution in [1.82, 2.24) is 14.8 Å². The van der Waals surface area contributed by atoms with Crippen LogP contribution in [0.2, 0.25) is 0 Å². The number of imidazole rings is 1. The van der Waals surface area contributed by atoms with E-state index in [1.807, 2.05) is 0 Å². The van der Waals surface area contributed by atoms with E-state index in [4.69, 9.17) is 5.73 Å². The van der Waals surface area contributed by atoms with E-state index in [1.54, 1.807) is 0 Å². The smallest absolute Gasteiger partial charge is 0.266 e. The minimum atomic E-state index is 0.0540. The van der Waals surface area contributed by atoms with Crippen LogP contribution in [0.1, 0.15) is 58.7 Å². The van der Waals surface area contributed by atoms with Crippen molar-refractivity contribution in [3.8, 4) is 0 Å². The second-order valence-corrected chi connectivity index (χ2v) is 9.21. The summed E-state index contributed by atoms with van der Waals surface area (Å²) in [5.41, 5.74) is 10.8. The number of nitrogens with one attached hydrogen (secondary N) is 1. The van der Waals surface area contributed by atoms with E-state index in [9.17, 15) is 0 Å². The predicted molar refractivity (Wildman–Crippen MR) is 139 cm³/mol. The molecule has 2 heterocycles. The number of rotatable bonds is 8. The number of aromatic amines is 1. The van der Waals surface area contributed by atoms with Crippen LogP contribution < -0.4 is 21.0 Å². The highest BCUT2D eigenvalue weighted by Gasteiger charge is 2.27. The molecule has 1 aromatic rings. The second-order valence-electron chi connectivity index (χ2n) is 9.21. The Kier molecular flexibility index (Phi) is 8.87. The van der Waals surface area contributed by atoms with Crippen LogP contribution in [0.25, 0.3) is 12.2 Å². The second kappa shape index (κ2) is 11.6. The number of fused-ring (bicyclic) bond motifs is 1. The van der Waals surface area contributed by atoms with Gasteiger partial charge in [-0.2, -0.15) is 0 Å². The van der Waals surface area contributed by atoms with Gasteiger partial charge in [0, 0.05) is 31.9 Å². The van der Waals surface area contributed by atoms with Crippen molar-refractivity contribution in [2.24, 2.45) is 17.8 Å². The molecule has 0 spiro atoms. The average molecular weight is 452 g/mol. The third-order valence-electron chi connectivity index (χ3n) is 7.18. The van der Waals surface area contributed by atoms with Crippen LogP contribution in [0.3, 0.4) is 0 Å². The van der Waals surface area contributed by atoms with E-state index in [1.165, 1.54) is 34.9 Å². The number of hydrogen-bond donors (Lipinski definition) is 2. The predicted octanol–water partition coefficient (Wildman–Crippen LogP) is 2.09. The maximum absolute atomic E-state index is 6.06. The molecule has 2 aliphatic rings. The zero-order valence-corrected chi connectivity index (χ0v) is 21.3. The van der Waals surface area contributed by atoms with E-state index < -0.39 is 0 Å². The lowest BCUT2D eigenvalue weighted by Gasteiger charge is -2.27. The van der Waals surface area contributed by atoms with Gasteiger partial charge in [0.2, 0.25) is 0 Å². The molecule has 3 rings (SSSR count). The molecule has 0 bridgehead atoms. The molecule has 33 heavy (non-hydrogen) atoms. The molecular weight excluding hydrogens is 408 g/mol. The minimum absolute atomic E-state index is 0.0540. The number of allylic oxidation sites excluding steroid dienone is 5. The van der Waals surface area contributed by atoms with E-state index in [0.717, 1.165) is 56.1 Å². The van der Waals surface area contributed by atoms with Crippen molar-refractivity contribution < 1.29 is 4.57 Å². The van der Waals surface area contributed by atoms with Gasteiger partial charge in [-0.15, -0.1) is 0 Å². The number of aliphatic imine (C=N–C) groups is 1. The highest BCUT2D eigenvalue weighted by atomic mass is 15.2. The summed E-state index contributed by atoms with van der Waals surface area (Å²) in [5, 5.41) is 2.39. The number of hydrogen-bond acceptors (Lipinski definition) is 4. The fourth-order valence-electron chi connectivity index (χ4n) is 4.94. The fraction of sp³-hybridized carbons (Fsp3) is 0.556. The van der Waals surface area contributed by atoms with Crippen LogP contribution in [0.4, 0.5) is 0 Å². The normalized spacial score (nSPS) is 19.4.